The Balaban J connectivity index is 1.68. The van der Waals surface area contributed by atoms with E-state index in [2.05, 4.69) is 50.4 Å². The molecule has 1 N–H and O–H groups in total. The van der Waals surface area contributed by atoms with Crippen LogP contribution < -0.4 is 5.32 Å². The summed E-state index contributed by atoms with van der Waals surface area (Å²) in [5.74, 6) is 2.57. The number of benzene rings is 1. The summed E-state index contributed by atoms with van der Waals surface area (Å²) in [7, 11) is 0. The first-order valence-electron chi connectivity index (χ1n) is 8.16. The van der Waals surface area contributed by atoms with Crippen molar-refractivity contribution < 1.29 is 0 Å². The second kappa shape index (κ2) is 6.04. The predicted molar refractivity (Wildman–Crippen MR) is 94.4 cm³/mol. The van der Waals surface area contributed by atoms with Gasteiger partial charge in [0.15, 0.2) is 5.17 Å². The summed E-state index contributed by atoms with van der Waals surface area (Å²) in [6.07, 6.45) is 5.24. The maximum atomic E-state index is 5.05. The first-order chi connectivity index (χ1) is 10.1. The van der Waals surface area contributed by atoms with Gasteiger partial charge in [0.25, 0.3) is 0 Å². The van der Waals surface area contributed by atoms with Gasteiger partial charge in [-0.2, -0.15) is 0 Å². The van der Waals surface area contributed by atoms with Gasteiger partial charge >= 0.3 is 0 Å². The van der Waals surface area contributed by atoms with Gasteiger partial charge in [-0.15, -0.1) is 0 Å². The second-order valence-electron chi connectivity index (χ2n) is 7.03. The van der Waals surface area contributed by atoms with Crippen LogP contribution in [0.2, 0.25) is 0 Å². The Hall–Kier alpha value is -0.960. The summed E-state index contributed by atoms with van der Waals surface area (Å²) in [4.78, 5) is 5.05. The maximum absolute atomic E-state index is 5.05. The van der Waals surface area contributed by atoms with E-state index in [1.54, 1.807) is 0 Å². The second-order valence-corrected chi connectivity index (χ2v) is 8.00. The van der Waals surface area contributed by atoms with Crippen molar-refractivity contribution in [1.29, 1.82) is 0 Å². The van der Waals surface area contributed by atoms with Crippen molar-refractivity contribution in [3.05, 3.63) is 29.8 Å². The Morgan fingerprint density at radius 1 is 1.29 bits per heavy atom. The van der Waals surface area contributed by atoms with Crippen LogP contribution in [-0.4, -0.2) is 16.5 Å². The molecule has 1 aliphatic carbocycles. The Morgan fingerprint density at radius 3 is 2.71 bits per heavy atom. The number of rotatable bonds is 2. The number of nitrogens with zero attached hydrogens (tertiary/aromatic N) is 1. The molecule has 1 fully saturated rings. The van der Waals surface area contributed by atoms with Crippen molar-refractivity contribution in [3.8, 4) is 0 Å². The van der Waals surface area contributed by atoms with Crippen molar-refractivity contribution >= 4 is 22.6 Å². The number of thioether (sulfide) groups is 1. The van der Waals surface area contributed by atoms with Crippen LogP contribution >= 0.6 is 11.8 Å². The van der Waals surface area contributed by atoms with Crippen LogP contribution in [0.25, 0.3) is 0 Å². The van der Waals surface area contributed by atoms with Gasteiger partial charge in [0.05, 0.1) is 5.54 Å². The van der Waals surface area contributed by atoms with E-state index in [4.69, 9.17) is 4.99 Å². The topological polar surface area (TPSA) is 24.4 Å². The molecule has 0 radical (unpaired) electrons. The molecule has 1 saturated carbocycles. The number of anilines is 1. The van der Waals surface area contributed by atoms with E-state index in [9.17, 15) is 0 Å². The van der Waals surface area contributed by atoms with E-state index in [1.165, 1.54) is 31.2 Å². The van der Waals surface area contributed by atoms with Crippen LogP contribution in [0.5, 0.6) is 0 Å². The molecule has 2 nitrogen and oxygen atoms in total. The highest BCUT2D eigenvalue weighted by molar-refractivity contribution is 8.14. The van der Waals surface area contributed by atoms with Crippen LogP contribution in [0.3, 0.4) is 0 Å². The summed E-state index contributed by atoms with van der Waals surface area (Å²) >= 11 is 1.89. The zero-order valence-electron chi connectivity index (χ0n) is 13.4. The number of hydrogen-bond donors (Lipinski definition) is 1. The fraction of sp³-hybridized carbons (Fsp3) is 0.611. The van der Waals surface area contributed by atoms with E-state index in [-0.39, 0.29) is 5.54 Å². The smallest absolute Gasteiger partial charge is 0.161 e. The van der Waals surface area contributed by atoms with Crippen LogP contribution in [0, 0.1) is 5.92 Å². The SMILES string of the molecule is CC1CCCC2(CSC(Nc3ccc(C(C)C)cc3)=N2)C1. The third-order valence-electron chi connectivity index (χ3n) is 4.71. The molecule has 2 unspecified atom stereocenters. The molecule has 0 aromatic heterocycles. The van der Waals surface area contributed by atoms with E-state index < -0.39 is 0 Å². The number of aliphatic imine (C=N–C) groups is 1. The molecular weight excluding hydrogens is 276 g/mol. The lowest BCUT2D eigenvalue weighted by Crippen LogP contribution is -2.33. The first kappa shape index (κ1) is 15.0. The van der Waals surface area contributed by atoms with E-state index in [0.717, 1.165) is 22.5 Å². The maximum Gasteiger partial charge on any atom is 0.161 e. The van der Waals surface area contributed by atoms with Gasteiger partial charge in [-0.05, 0) is 42.4 Å². The summed E-state index contributed by atoms with van der Waals surface area (Å²) in [6.45, 7) is 6.83. The van der Waals surface area contributed by atoms with E-state index in [1.807, 2.05) is 11.8 Å². The zero-order chi connectivity index (χ0) is 14.9. The molecule has 1 spiro atoms. The number of nitrogens with one attached hydrogen (secondary N) is 1. The largest absolute Gasteiger partial charge is 0.335 e. The molecule has 0 amide bonds. The van der Waals surface area contributed by atoms with Crippen molar-refractivity contribution in [2.45, 2.75) is 57.9 Å². The molecule has 21 heavy (non-hydrogen) atoms. The zero-order valence-corrected chi connectivity index (χ0v) is 14.2. The van der Waals surface area contributed by atoms with Gasteiger partial charge < -0.3 is 5.32 Å². The van der Waals surface area contributed by atoms with Crippen molar-refractivity contribution in [2.75, 3.05) is 11.1 Å². The average molecular weight is 302 g/mol. The minimum absolute atomic E-state index is 0.225. The van der Waals surface area contributed by atoms with Gasteiger partial charge in [-0.1, -0.05) is 57.5 Å². The van der Waals surface area contributed by atoms with Gasteiger partial charge in [-0.25, -0.2) is 0 Å². The minimum Gasteiger partial charge on any atom is -0.335 e. The molecule has 0 bridgehead atoms. The Morgan fingerprint density at radius 2 is 2.05 bits per heavy atom. The highest BCUT2D eigenvalue weighted by atomic mass is 32.2. The van der Waals surface area contributed by atoms with Crippen LogP contribution in [0.15, 0.2) is 29.3 Å². The molecule has 1 aliphatic heterocycles. The van der Waals surface area contributed by atoms with Gasteiger partial charge in [-0.3, -0.25) is 4.99 Å². The minimum atomic E-state index is 0.225. The van der Waals surface area contributed by atoms with Crippen molar-refractivity contribution in [2.24, 2.45) is 10.9 Å². The lowest BCUT2D eigenvalue weighted by atomic mass is 9.78. The van der Waals surface area contributed by atoms with Gasteiger partial charge in [0.2, 0.25) is 0 Å². The molecule has 3 heteroatoms. The molecule has 1 aromatic rings. The lowest BCUT2D eigenvalue weighted by molar-refractivity contribution is 0.266. The van der Waals surface area contributed by atoms with Gasteiger partial charge in [0, 0.05) is 11.4 Å². The average Bonchev–Trinajstić information content (AvgIpc) is 2.81. The van der Waals surface area contributed by atoms with E-state index in [0.29, 0.717) is 5.92 Å². The fourth-order valence-electron chi connectivity index (χ4n) is 3.49. The Bertz CT molecular complexity index is 521. The molecule has 0 saturated heterocycles. The molecule has 2 atom stereocenters. The molecule has 3 rings (SSSR count). The highest BCUT2D eigenvalue weighted by Gasteiger charge is 2.39. The molecular formula is C18H26N2S. The monoisotopic (exact) mass is 302 g/mol. The lowest BCUT2D eigenvalue weighted by Gasteiger charge is -2.33. The summed E-state index contributed by atoms with van der Waals surface area (Å²) < 4.78 is 0. The Kier molecular flexibility index (Phi) is 4.30. The van der Waals surface area contributed by atoms with Crippen molar-refractivity contribution in [1.82, 2.24) is 0 Å². The van der Waals surface area contributed by atoms with Gasteiger partial charge in [0.1, 0.15) is 0 Å². The highest BCUT2D eigenvalue weighted by Crippen LogP contribution is 2.42. The fourth-order valence-corrected chi connectivity index (χ4v) is 4.67. The molecule has 1 aromatic carbocycles. The summed E-state index contributed by atoms with van der Waals surface area (Å²) in [5, 5.41) is 4.62. The van der Waals surface area contributed by atoms with Crippen LogP contribution in [0.1, 0.15) is 57.9 Å². The number of amidine groups is 1. The molecule has 1 heterocycles. The normalized spacial score (nSPS) is 29.0. The third-order valence-corrected chi connectivity index (χ3v) is 5.86. The third kappa shape index (κ3) is 3.45. The predicted octanol–water partition coefficient (Wildman–Crippen LogP) is 5.27. The Labute approximate surface area is 132 Å². The first-order valence-corrected chi connectivity index (χ1v) is 9.14. The standard InChI is InChI=1S/C18H26N2S/c1-13(2)15-6-8-16(9-7-15)19-17-20-18(12-21-17)10-4-5-14(3)11-18/h6-9,13-14H,4-5,10-12H2,1-3H3,(H,19,20). The summed E-state index contributed by atoms with van der Waals surface area (Å²) in [6, 6.07) is 8.77. The van der Waals surface area contributed by atoms with Crippen LogP contribution in [-0.2, 0) is 0 Å². The summed E-state index contributed by atoms with van der Waals surface area (Å²) in [5.41, 5.74) is 2.77. The van der Waals surface area contributed by atoms with Crippen molar-refractivity contribution in [3.63, 3.8) is 0 Å². The molecule has 114 valence electrons. The number of hydrogen-bond acceptors (Lipinski definition) is 3. The van der Waals surface area contributed by atoms with E-state index >= 15 is 0 Å². The molecule has 2 aliphatic rings. The quantitative estimate of drug-likeness (QED) is 0.804. The van der Waals surface area contributed by atoms with Crippen LogP contribution in [0.4, 0.5) is 5.69 Å².